The molecule has 0 saturated heterocycles. The number of aromatic carboxylic acids is 1. The average molecular weight is 255 g/mol. The number of nitrogens with one attached hydrogen (secondary N) is 1. The summed E-state index contributed by atoms with van der Waals surface area (Å²) >= 11 is 1.55. The highest BCUT2D eigenvalue weighted by molar-refractivity contribution is 7.98. The summed E-state index contributed by atoms with van der Waals surface area (Å²) in [4.78, 5) is 11.0. The first-order valence-electron chi connectivity index (χ1n) is 5.24. The van der Waals surface area contributed by atoms with Crippen molar-refractivity contribution in [1.29, 1.82) is 0 Å². The fourth-order valence-corrected chi connectivity index (χ4v) is 2.20. The molecule has 3 N–H and O–H groups in total. The van der Waals surface area contributed by atoms with Gasteiger partial charge in [-0.25, -0.2) is 4.79 Å². The van der Waals surface area contributed by atoms with Gasteiger partial charge in [0, 0.05) is 18.0 Å². The van der Waals surface area contributed by atoms with E-state index in [1.54, 1.807) is 36.9 Å². The number of thioether (sulfide) groups is 1. The van der Waals surface area contributed by atoms with E-state index in [9.17, 15) is 9.90 Å². The van der Waals surface area contributed by atoms with E-state index in [4.69, 9.17) is 5.11 Å². The van der Waals surface area contributed by atoms with E-state index in [-0.39, 0.29) is 5.56 Å². The molecule has 0 amide bonds. The summed E-state index contributed by atoms with van der Waals surface area (Å²) in [5.41, 5.74) is -0.112. The van der Waals surface area contributed by atoms with Gasteiger partial charge < -0.3 is 15.5 Å². The summed E-state index contributed by atoms with van der Waals surface area (Å²) in [5, 5.41) is 21.9. The minimum atomic E-state index is -0.974. The van der Waals surface area contributed by atoms with Crippen LogP contribution < -0.4 is 5.32 Å². The Balaban J connectivity index is 2.72. The summed E-state index contributed by atoms with van der Waals surface area (Å²) < 4.78 is 0. The van der Waals surface area contributed by atoms with Gasteiger partial charge in [0.2, 0.25) is 0 Å². The second-order valence-electron chi connectivity index (χ2n) is 4.13. The molecule has 4 nitrogen and oxygen atoms in total. The van der Waals surface area contributed by atoms with Crippen LogP contribution in [-0.4, -0.2) is 40.3 Å². The fraction of sp³-hybridized carbons (Fsp3) is 0.417. The highest BCUT2D eigenvalue weighted by Gasteiger charge is 2.20. The average Bonchev–Trinajstić information content (AvgIpc) is 2.27. The first-order chi connectivity index (χ1) is 7.96. The lowest BCUT2D eigenvalue weighted by Gasteiger charge is -2.23. The van der Waals surface area contributed by atoms with E-state index in [2.05, 4.69) is 5.32 Å². The van der Waals surface area contributed by atoms with Gasteiger partial charge in [0.15, 0.2) is 0 Å². The van der Waals surface area contributed by atoms with Gasteiger partial charge in [0.25, 0.3) is 0 Å². The zero-order valence-electron chi connectivity index (χ0n) is 9.93. The molecule has 0 radical (unpaired) electrons. The van der Waals surface area contributed by atoms with Gasteiger partial charge in [0.05, 0.1) is 11.2 Å². The Morgan fingerprint density at radius 2 is 2.12 bits per heavy atom. The summed E-state index contributed by atoms with van der Waals surface area (Å²) in [6.45, 7) is 2.04. The van der Waals surface area contributed by atoms with Crippen LogP contribution in [0.5, 0.6) is 0 Å². The van der Waals surface area contributed by atoms with E-state index in [0.717, 1.165) is 0 Å². The van der Waals surface area contributed by atoms with Crippen LogP contribution in [0, 0.1) is 0 Å². The number of hydrogen-bond donors (Lipinski definition) is 3. The number of para-hydroxylation sites is 1. The van der Waals surface area contributed by atoms with Gasteiger partial charge in [0.1, 0.15) is 0 Å². The van der Waals surface area contributed by atoms with E-state index < -0.39 is 11.6 Å². The monoisotopic (exact) mass is 255 g/mol. The number of carbonyl (C=O) groups is 1. The molecule has 0 bridgehead atoms. The van der Waals surface area contributed by atoms with Crippen LogP contribution >= 0.6 is 11.8 Å². The van der Waals surface area contributed by atoms with Crippen molar-refractivity contribution in [3.8, 4) is 0 Å². The maximum atomic E-state index is 11.0. The molecule has 0 spiro atoms. The van der Waals surface area contributed by atoms with Crippen molar-refractivity contribution in [2.45, 2.75) is 12.5 Å². The predicted molar refractivity (Wildman–Crippen MR) is 70.9 cm³/mol. The highest BCUT2D eigenvalue weighted by atomic mass is 32.2. The van der Waals surface area contributed by atoms with Crippen LogP contribution in [-0.2, 0) is 0 Å². The first kappa shape index (κ1) is 13.9. The van der Waals surface area contributed by atoms with Gasteiger partial charge >= 0.3 is 5.97 Å². The normalized spacial score (nSPS) is 14.1. The molecular formula is C12H17NO3S. The third-order valence-electron chi connectivity index (χ3n) is 2.27. The lowest BCUT2D eigenvalue weighted by Crippen LogP contribution is -2.36. The Morgan fingerprint density at radius 3 is 2.71 bits per heavy atom. The number of carboxylic acid groups (broad SMARTS) is 1. The zero-order chi connectivity index (χ0) is 12.9. The molecular weight excluding hydrogens is 238 g/mol. The summed E-state index contributed by atoms with van der Waals surface area (Å²) in [7, 11) is 0. The smallest absolute Gasteiger partial charge is 0.337 e. The van der Waals surface area contributed by atoms with E-state index in [1.807, 2.05) is 6.26 Å². The largest absolute Gasteiger partial charge is 0.478 e. The first-order valence-corrected chi connectivity index (χ1v) is 6.63. The number of anilines is 1. The van der Waals surface area contributed by atoms with Crippen LogP contribution in [0.3, 0.4) is 0 Å². The molecule has 17 heavy (non-hydrogen) atoms. The summed E-state index contributed by atoms with van der Waals surface area (Å²) in [6.07, 6.45) is 1.92. The minimum Gasteiger partial charge on any atom is -0.478 e. The molecule has 5 heteroatoms. The van der Waals surface area contributed by atoms with Crippen molar-refractivity contribution in [3.63, 3.8) is 0 Å². The Morgan fingerprint density at radius 1 is 1.47 bits per heavy atom. The van der Waals surface area contributed by atoms with E-state index in [1.165, 1.54) is 6.07 Å². The standard InChI is InChI=1S/C12H17NO3S/c1-12(16,8-17-2)7-13-10-6-4-3-5-9(10)11(14)15/h3-6,13,16H,7-8H2,1-2H3,(H,14,15). The summed E-state index contributed by atoms with van der Waals surface area (Å²) in [5.74, 6) is -0.382. The zero-order valence-corrected chi connectivity index (χ0v) is 10.8. The second-order valence-corrected chi connectivity index (χ2v) is 5.00. The van der Waals surface area contributed by atoms with Crippen molar-refractivity contribution >= 4 is 23.4 Å². The summed E-state index contributed by atoms with van der Waals surface area (Å²) in [6, 6.07) is 6.67. The SMILES string of the molecule is CSCC(C)(O)CNc1ccccc1C(=O)O. The number of rotatable bonds is 6. The fourth-order valence-electron chi connectivity index (χ4n) is 1.47. The molecule has 0 aliphatic rings. The molecule has 0 aromatic heterocycles. The van der Waals surface area contributed by atoms with Crippen molar-refractivity contribution in [2.24, 2.45) is 0 Å². The van der Waals surface area contributed by atoms with E-state index >= 15 is 0 Å². The number of carboxylic acids is 1. The lowest BCUT2D eigenvalue weighted by molar-refractivity contribution is 0.0696. The van der Waals surface area contributed by atoms with Crippen LogP contribution in [0.1, 0.15) is 17.3 Å². The molecule has 1 aromatic rings. The van der Waals surface area contributed by atoms with Gasteiger partial charge in [-0.15, -0.1) is 0 Å². The molecule has 0 fully saturated rings. The maximum Gasteiger partial charge on any atom is 0.337 e. The molecule has 1 unspecified atom stereocenters. The molecule has 0 aliphatic carbocycles. The minimum absolute atomic E-state index is 0.215. The highest BCUT2D eigenvalue weighted by Crippen LogP contribution is 2.17. The van der Waals surface area contributed by atoms with Crippen molar-refractivity contribution in [3.05, 3.63) is 29.8 Å². The Labute approximate surface area is 105 Å². The molecule has 1 atom stereocenters. The lowest BCUT2D eigenvalue weighted by atomic mass is 10.1. The van der Waals surface area contributed by atoms with Crippen molar-refractivity contribution < 1.29 is 15.0 Å². The van der Waals surface area contributed by atoms with Crippen LogP contribution in [0.15, 0.2) is 24.3 Å². The molecule has 1 aromatic carbocycles. The predicted octanol–water partition coefficient (Wildman–Crippen LogP) is 1.91. The van der Waals surface area contributed by atoms with Crippen LogP contribution in [0.4, 0.5) is 5.69 Å². The maximum absolute atomic E-state index is 11.0. The number of benzene rings is 1. The molecule has 0 aliphatic heterocycles. The quantitative estimate of drug-likeness (QED) is 0.724. The van der Waals surface area contributed by atoms with Gasteiger partial charge in [-0.2, -0.15) is 11.8 Å². The third kappa shape index (κ3) is 4.28. The topological polar surface area (TPSA) is 69.6 Å². The van der Waals surface area contributed by atoms with Crippen LogP contribution in [0.25, 0.3) is 0 Å². The Bertz CT molecular complexity index is 393. The number of hydrogen-bond acceptors (Lipinski definition) is 4. The third-order valence-corrected chi connectivity index (χ3v) is 3.18. The van der Waals surface area contributed by atoms with Crippen molar-refractivity contribution in [2.75, 3.05) is 23.9 Å². The number of aliphatic hydroxyl groups is 1. The Hall–Kier alpha value is -1.20. The van der Waals surface area contributed by atoms with Crippen molar-refractivity contribution in [1.82, 2.24) is 0 Å². The van der Waals surface area contributed by atoms with E-state index in [0.29, 0.717) is 18.0 Å². The Kier molecular flexibility index (Phi) is 4.84. The molecule has 0 saturated carbocycles. The molecule has 0 heterocycles. The van der Waals surface area contributed by atoms with Gasteiger partial charge in [-0.05, 0) is 25.3 Å². The molecule has 1 rings (SSSR count). The van der Waals surface area contributed by atoms with Gasteiger partial charge in [-0.3, -0.25) is 0 Å². The second kappa shape index (κ2) is 5.93. The van der Waals surface area contributed by atoms with Crippen LogP contribution in [0.2, 0.25) is 0 Å². The van der Waals surface area contributed by atoms with Gasteiger partial charge in [-0.1, -0.05) is 12.1 Å². The molecule has 94 valence electrons.